The zero-order valence-corrected chi connectivity index (χ0v) is 10.6. The van der Waals surface area contributed by atoms with E-state index in [1.807, 2.05) is 47.3 Å². The second-order valence-corrected chi connectivity index (χ2v) is 4.29. The first-order valence-electron chi connectivity index (χ1n) is 6.12. The van der Waals surface area contributed by atoms with Gasteiger partial charge in [0, 0.05) is 5.39 Å². The van der Waals surface area contributed by atoms with Crippen LogP contribution in [0.3, 0.4) is 0 Å². The highest BCUT2D eigenvalue weighted by Crippen LogP contribution is 2.20. The largest absolute Gasteiger partial charge is 0.482 e. The lowest BCUT2D eigenvalue weighted by atomic mass is 10.2. The van der Waals surface area contributed by atoms with E-state index < -0.39 is 5.97 Å². The zero-order chi connectivity index (χ0) is 13.9. The second kappa shape index (κ2) is 5.05. The van der Waals surface area contributed by atoms with Gasteiger partial charge in [0.15, 0.2) is 6.61 Å². The van der Waals surface area contributed by atoms with Crippen molar-refractivity contribution >= 4 is 16.9 Å². The lowest BCUT2D eigenvalue weighted by Crippen LogP contribution is -2.09. The standard InChI is InChI=1S/C15H12N2O3/c18-15(19)10-20-13-7-5-12(6-8-13)17-14-4-2-1-3-11(14)9-16-17/h1-9H,10H2,(H,18,19). The third kappa shape index (κ3) is 2.33. The summed E-state index contributed by atoms with van der Waals surface area (Å²) in [5.74, 6) is -0.472. The third-order valence-electron chi connectivity index (χ3n) is 2.92. The summed E-state index contributed by atoms with van der Waals surface area (Å²) in [6.45, 7) is -0.343. The summed E-state index contributed by atoms with van der Waals surface area (Å²) in [5, 5.41) is 14.0. The molecule has 0 amide bonds. The molecule has 0 bridgehead atoms. The van der Waals surface area contributed by atoms with Crippen molar-refractivity contribution in [3.05, 3.63) is 54.7 Å². The second-order valence-electron chi connectivity index (χ2n) is 4.29. The molecule has 0 saturated heterocycles. The van der Waals surface area contributed by atoms with Gasteiger partial charge in [0.05, 0.1) is 17.4 Å². The molecule has 0 atom stereocenters. The molecule has 0 radical (unpaired) electrons. The molecule has 2 aromatic carbocycles. The van der Waals surface area contributed by atoms with Gasteiger partial charge in [0.1, 0.15) is 5.75 Å². The summed E-state index contributed by atoms with van der Waals surface area (Å²) in [4.78, 5) is 10.4. The summed E-state index contributed by atoms with van der Waals surface area (Å²) < 4.78 is 6.93. The highest BCUT2D eigenvalue weighted by atomic mass is 16.5. The molecular weight excluding hydrogens is 256 g/mol. The van der Waals surface area contributed by atoms with Gasteiger partial charge >= 0.3 is 5.97 Å². The molecule has 0 fully saturated rings. The van der Waals surface area contributed by atoms with Gasteiger partial charge in [-0.05, 0) is 30.3 Å². The van der Waals surface area contributed by atoms with Crippen LogP contribution in [-0.2, 0) is 4.79 Å². The maximum absolute atomic E-state index is 10.4. The Hall–Kier alpha value is -2.82. The Bertz CT molecular complexity index is 747. The highest BCUT2D eigenvalue weighted by molar-refractivity contribution is 5.80. The van der Waals surface area contributed by atoms with Crippen LogP contribution in [0.1, 0.15) is 0 Å². The molecule has 100 valence electrons. The van der Waals surface area contributed by atoms with Gasteiger partial charge in [-0.1, -0.05) is 18.2 Å². The maximum atomic E-state index is 10.4. The van der Waals surface area contributed by atoms with E-state index in [-0.39, 0.29) is 6.61 Å². The number of hydrogen-bond donors (Lipinski definition) is 1. The van der Waals surface area contributed by atoms with E-state index in [1.54, 1.807) is 12.1 Å². The fourth-order valence-electron chi connectivity index (χ4n) is 2.01. The van der Waals surface area contributed by atoms with Crippen molar-refractivity contribution in [1.29, 1.82) is 0 Å². The number of carboxylic acid groups (broad SMARTS) is 1. The van der Waals surface area contributed by atoms with Crippen molar-refractivity contribution in [3.8, 4) is 11.4 Å². The quantitative estimate of drug-likeness (QED) is 0.789. The van der Waals surface area contributed by atoms with Crippen LogP contribution < -0.4 is 4.74 Å². The number of carbonyl (C=O) groups is 1. The van der Waals surface area contributed by atoms with Gasteiger partial charge in [0.25, 0.3) is 0 Å². The molecule has 1 aromatic heterocycles. The Balaban J connectivity index is 1.89. The van der Waals surface area contributed by atoms with Crippen molar-refractivity contribution in [3.63, 3.8) is 0 Å². The predicted molar refractivity (Wildman–Crippen MR) is 74.2 cm³/mol. The predicted octanol–water partition coefficient (Wildman–Crippen LogP) is 2.49. The molecule has 5 nitrogen and oxygen atoms in total. The van der Waals surface area contributed by atoms with E-state index in [4.69, 9.17) is 9.84 Å². The van der Waals surface area contributed by atoms with Crippen molar-refractivity contribution in [2.24, 2.45) is 0 Å². The topological polar surface area (TPSA) is 64.3 Å². The van der Waals surface area contributed by atoms with Crippen molar-refractivity contribution < 1.29 is 14.6 Å². The van der Waals surface area contributed by atoms with Crippen LogP contribution >= 0.6 is 0 Å². The Morgan fingerprint density at radius 3 is 2.65 bits per heavy atom. The summed E-state index contributed by atoms with van der Waals surface area (Å²) in [6, 6.07) is 15.1. The van der Waals surface area contributed by atoms with Crippen LogP contribution in [0, 0.1) is 0 Å². The molecule has 0 aliphatic carbocycles. The van der Waals surface area contributed by atoms with E-state index in [2.05, 4.69) is 5.10 Å². The Morgan fingerprint density at radius 2 is 1.90 bits per heavy atom. The van der Waals surface area contributed by atoms with Crippen molar-refractivity contribution in [2.45, 2.75) is 0 Å². The number of rotatable bonds is 4. The molecular formula is C15H12N2O3. The lowest BCUT2D eigenvalue weighted by Gasteiger charge is -2.06. The number of fused-ring (bicyclic) bond motifs is 1. The third-order valence-corrected chi connectivity index (χ3v) is 2.92. The van der Waals surface area contributed by atoms with E-state index in [9.17, 15) is 4.79 Å². The van der Waals surface area contributed by atoms with Crippen LogP contribution in [-0.4, -0.2) is 27.5 Å². The van der Waals surface area contributed by atoms with Gasteiger partial charge in [-0.2, -0.15) is 5.10 Å². The molecule has 3 aromatic rings. The smallest absolute Gasteiger partial charge is 0.341 e. The first-order chi connectivity index (χ1) is 9.74. The molecule has 3 rings (SSSR count). The minimum atomic E-state index is -0.993. The molecule has 0 spiro atoms. The van der Waals surface area contributed by atoms with E-state index in [0.29, 0.717) is 5.75 Å². The number of hydrogen-bond acceptors (Lipinski definition) is 3. The number of aromatic nitrogens is 2. The summed E-state index contributed by atoms with van der Waals surface area (Å²) in [5.41, 5.74) is 1.92. The molecule has 1 N–H and O–H groups in total. The van der Waals surface area contributed by atoms with Gasteiger partial charge in [-0.3, -0.25) is 0 Å². The minimum Gasteiger partial charge on any atom is -0.482 e. The summed E-state index contributed by atoms with van der Waals surface area (Å²) in [6.07, 6.45) is 1.81. The van der Waals surface area contributed by atoms with E-state index >= 15 is 0 Å². The number of para-hydroxylation sites is 1. The molecule has 0 aliphatic rings. The van der Waals surface area contributed by atoms with Crippen LogP contribution in [0.25, 0.3) is 16.6 Å². The Morgan fingerprint density at radius 1 is 1.15 bits per heavy atom. The van der Waals surface area contributed by atoms with Crippen LogP contribution in [0.2, 0.25) is 0 Å². The normalized spacial score (nSPS) is 10.6. The summed E-state index contributed by atoms with van der Waals surface area (Å²) >= 11 is 0. The van der Waals surface area contributed by atoms with Crippen molar-refractivity contribution in [2.75, 3.05) is 6.61 Å². The number of benzene rings is 2. The number of aliphatic carboxylic acids is 1. The fourth-order valence-corrected chi connectivity index (χ4v) is 2.01. The van der Waals surface area contributed by atoms with Crippen LogP contribution in [0.5, 0.6) is 5.75 Å². The lowest BCUT2D eigenvalue weighted by molar-refractivity contribution is -0.139. The molecule has 1 heterocycles. The average Bonchev–Trinajstić information content (AvgIpc) is 2.89. The fraction of sp³-hybridized carbons (Fsp3) is 0.0667. The highest BCUT2D eigenvalue weighted by Gasteiger charge is 2.05. The van der Waals surface area contributed by atoms with E-state index in [0.717, 1.165) is 16.6 Å². The van der Waals surface area contributed by atoms with Crippen molar-refractivity contribution in [1.82, 2.24) is 9.78 Å². The van der Waals surface area contributed by atoms with Gasteiger partial charge in [-0.25, -0.2) is 9.48 Å². The van der Waals surface area contributed by atoms with Gasteiger partial charge < -0.3 is 9.84 Å². The molecule has 5 heteroatoms. The monoisotopic (exact) mass is 268 g/mol. The summed E-state index contributed by atoms with van der Waals surface area (Å²) in [7, 11) is 0. The Kier molecular flexibility index (Phi) is 3.09. The maximum Gasteiger partial charge on any atom is 0.341 e. The minimum absolute atomic E-state index is 0.343. The Labute approximate surface area is 115 Å². The van der Waals surface area contributed by atoms with Crippen LogP contribution in [0.15, 0.2) is 54.7 Å². The molecule has 0 saturated carbocycles. The first-order valence-corrected chi connectivity index (χ1v) is 6.12. The number of carboxylic acids is 1. The number of nitrogens with zero attached hydrogens (tertiary/aromatic N) is 2. The van der Waals surface area contributed by atoms with Crippen LogP contribution in [0.4, 0.5) is 0 Å². The molecule has 0 unspecified atom stereocenters. The van der Waals surface area contributed by atoms with E-state index in [1.165, 1.54) is 0 Å². The average molecular weight is 268 g/mol. The van der Waals surface area contributed by atoms with Gasteiger partial charge in [0.2, 0.25) is 0 Å². The van der Waals surface area contributed by atoms with Gasteiger partial charge in [-0.15, -0.1) is 0 Å². The molecule has 20 heavy (non-hydrogen) atoms. The zero-order valence-electron chi connectivity index (χ0n) is 10.6. The SMILES string of the molecule is O=C(O)COc1ccc(-n2ncc3ccccc32)cc1. The number of ether oxygens (including phenoxy) is 1. The molecule has 0 aliphatic heterocycles. The first kappa shape index (κ1) is 12.2.